The lowest BCUT2D eigenvalue weighted by atomic mass is 9.86. The van der Waals surface area contributed by atoms with Crippen molar-refractivity contribution in [2.24, 2.45) is 0 Å². The molecule has 0 amide bonds. The summed E-state index contributed by atoms with van der Waals surface area (Å²) in [5.41, 5.74) is 0.785. The molecule has 2 aliphatic rings. The molecule has 4 atom stereocenters. The van der Waals surface area contributed by atoms with Crippen LogP contribution in [0.25, 0.3) is 0 Å². The fourth-order valence-corrected chi connectivity index (χ4v) is 5.90. The Morgan fingerprint density at radius 2 is 1.47 bits per heavy atom. The topological polar surface area (TPSA) is 54.0 Å². The zero-order valence-corrected chi connectivity index (χ0v) is 22.2. The normalized spacial score (nSPS) is 26.2. The van der Waals surface area contributed by atoms with E-state index in [1.165, 1.54) is 82.6 Å². The molecule has 0 saturated carbocycles. The second-order valence-electron chi connectivity index (χ2n) is 11.4. The summed E-state index contributed by atoms with van der Waals surface area (Å²) < 4.78 is 12.8. The van der Waals surface area contributed by atoms with E-state index >= 15 is 0 Å². The lowest BCUT2D eigenvalue weighted by Crippen LogP contribution is -2.49. The first-order chi connectivity index (χ1) is 16.5. The second kappa shape index (κ2) is 14.0. The minimum Gasteiger partial charge on any atom is -0.395 e. The Hall–Kier alpha value is -0.940. The van der Waals surface area contributed by atoms with Crippen molar-refractivity contribution in [3.05, 3.63) is 35.9 Å². The molecule has 0 bridgehead atoms. The molecule has 3 rings (SSSR count). The molecule has 2 saturated heterocycles. The first-order valence-corrected chi connectivity index (χ1v) is 14.2. The van der Waals surface area contributed by atoms with Gasteiger partial charge in [0.25, 0.3) is 0 Å². The number of hydrogen-bond donors (Lipinski definition) is 2. The fraction of sp³-hybridized carbons (Fsp3) is 0.800. The molecule has 0 aliphatic carbocycles. The molecule has 1 unspecified atom stereocenters. The molecule has 4 heteroatoms. The van der Waals surface area contributed by atoms with Gasteiger partial charge in [0.2, 0.25) is 0 Å². The maximum Gasteiger partial charge on any atom is 0.125 e. The molecule has 2 N–H and O–H groups in total. The molecular weight excluding hydrogens is 422 g/mol. The number of benzene rings is 1. The van der Waals surface area contributed by atoms with Gasteiger partial charge in [0, 0.05) is 13.0 Å². The Morgan fingerprint density at radius 1 is 0.882 bits per heavy atom. The minimum absolute atomic E-state index is 0.0595. The molecule has 34 heavy (non-hydrogen) atoms. The summed E-state index contributed by atoms with van der Waals surface area (Å²) in [5.74, 6) is 0. The van der Waals surface area contributed by atoms with Crippen molar-refractivity contribution in [3.63, 3.8) is 0 Å². The molecule has 2 aliphatic heterocycles. The van der Waals surface area contributed by atoms with Gasteiger partial charge in [-0.15, -0.1) is 0 Å². The Labute approximate surface area is 209 Å². The van der Waals surface area contributed by atoms with E-state index in [-0.39, 0.29) is 36.1 Å². The highest BCUT2D eigenvalue weighted by molar-refractivity contribution is 5.19. The van der Waals surface area contributed by atoms with Crippen LogP contribution in [0.1, 0.15) is 116 Å². The number of aliphatic hydroxyl groups excluding tert-OH is 1. The number of ether oxygens (including phenoxy) is 2. The molecule has 0 radical (unpaired) electrons. The highest BCUT2D eigenvalue weighted by Crippen LogP contribution is 2.55. The van der Waals surface area contributed by atoms with Gasteiger partial charge in [0.05, 0.1) is 24.4 Å². The lowest BCUT2D eigenvalue weighted by Gasteiger charge is -2.27. The first kappa shape index (κ1) is 27.6. The largest absolute Gasteiger partial charge is 0.395 e. The minimum atomic E-state index is -0.224. The lowest BCUT2D eigenvalue weighted by molar-refractivity contribution is -0.0494. The van der Waals surface area contributed by atoms with Gasteiger partial charge in [0.1, 0.15) is 11.7 Å². The van der Waals surface area contributed by atoms with E-state index in [0.29, 0.717) is 0 Å². The Bertz CT molecular complexity index is 679. The molecule has 2 fully saturated rings. The number of hydrogen-bond acceptors (Lipinski definition) is 4. The zero-order chi connectivity index (χ0) is 24.3. The third-order valence-electron chi connectivity index (χ3n) is 7.77. The van der Waals surface area contributed by atoms with E-state index < -0.39 is 0 Å². The van der Waals surface area contributed by atoms with Crippen LogP contribution in [0.2, 0.25) is 0 Å². The van der Waals surface area contributed by atoms with E-state index in [4.69, 9.17) is 9.47 Å². The molecule has 2 heterocycles. The number of nitrogens with one attached hydrogen (secondary N) is 1. The Balaban J connectivity index is 1.33. The van der Waals surface area contributed by atoms with Crippen molar-refractivity contribution in [2.75, 3.05) is 6.61 Å². The van der Waals surface area contributed by atoms with Gasteiger partial charge in [-0.05, 0) is 25.8 Å². The Kier molecular flexibility index (Phi) is 11.4. The van der Waals surface area contributed by atoms with Gasteiger partial charge < -0.3 is 19.9 Å². The van der Waals surface area contributed by atoms with Gasteiger partial charge in [-0.2, -0.15) is 0 Å². The molecule has 4 nitrogen and oxygen atoms in total. The molecule has 1 aromatic rings. The van der Waals surface area contributed by atoms with Crippen molar-refractivity contribution in [3.8, 4) is 0 Å². The third kappa shape index (κ3) is 8.33. The zero-order valence-electron chi connectivity index (χ0n) is 22.2. The summed E-state index contributed by atoms with van der Waals surface area (Å²) >= 11 is 0. The van der Waals surface area contributed by atoms with Crippen LogP contribution in [0.3, 0.4) is 0 Å². The highest BCUT2D eigenvalue weighted by atomic mass is 16.7. The third-order valence-corrected chi connectivity index (χ3v) is 7.77. The average molecular weight is 474 g/mol. The summed E-state index contributed by atoms with van der Waals surface area (Å²) in [6.07, 6.45) is 18.7. The molecule has 0 aromatic heterocycles. The van der Waals surface area contributed by atoms with Gasteiger partial charge in [0.15, 0.2) is 0 Å². The van der Waals surface area contributed by atoms with Crippen LogP contribution in [0.15, 0.2) is 30.3 Å². The standard InChI is InChI=1S/C30H51NO3/c1-4-5-6-7-8-9-10-11-12-13-14-18-21-27-30(33-27)24-29(2,3)34-28(30)26(23-32)31-22-25-19-16-15-17-20-25/h15-17,19-20,26-28,31-32H,4-14,18,21-24H2,1-3H3/t26-,27+,28-,30?/m1/s1. The maximum atomic E-state index is 10.2. The smallest absolute Gasteiger partial charge is 0.125 e. The van der Waals surface area contributed by atoms with Crippen molar-refractivity contribution in [1.29, 1.82) is 0 Å². The van der Waals surface area contributed by atoms with Crippen LogP contribution >= 0.6 is 0 Å². The number of epoxide rings is 1. The average Bonchev–Trinajstić information content (AvgIpc) is 3.43. The van der Waals surface area contributed by atoms with E-state index in [0.717, 1.165) is 19.4 Å². The van der Waals surface area contributed by atoms with Gasteiger partial charge in [-0.25, -0.2) is 0 Å². The van der Waals surface area contributed by atoms with E-state index in [1.807, 2.05) is 6.07 Å². The first-order valence-electron chi connectivity index (χ1n) is 14.2. The molecule has 194 valence electrons. The number of rotatable bonds is 18. The summed E-state index contributed by atoms with van der Waals surface area (Å²) in [6, 6.07) is 10.2. The van der Waals surface area contributed by atoms with Gasteiger partial charge in [-0.3, -0.25) is 0 Å². The second-order valence-corrected chi connectivity index (χ2v) is 11.4. The van der Waals surface area contributed by atoms with Crippen LogP contribution in [0, 0.1) is 0 Å². The maximum absolute atomic E-state index is 10.2. The van der Waals surface area contributed by atoms with Crippen molar-refractivity contribution in [2.45, 2.75) is 147 Å². The SMILES string of the molecule is CCCCCCCCCCCCCC[C@@H]1OC12CC(C)(C)O[C@@H]2[C@@H](CO)NCc1ccccc1. The van der Waals surface area contributed by atoms with Crippen LogP contribution in [0.5, 0.6) is 0 Å². The van der Waals surface area contributed by atoms with Gasteiger partial charge in [-0.1, -0.05) is 114 Å². The van der Waals surface area contributed by atoms with Crippen molar-refractivity contribution >= 4 is 0 Å². The molecule has 1 spiro atoms. The van der Waals surface area contributed by atoms with Crippen molar-refractivity contribution in [1.82, 2.24) is 5.32 Å². The summed E-state index contributed by atoms with van der Waals surface area (Å²) in [6.45, 7) is 7.38. The predicted molar refractivity (Wildman–Crippen MR) is 141 cm³/mol. The van der Waals surface area contributed by atoms with Crippen molar-refractivity contribution < 1.29 is 14.6 Å². The van der Waals surface area contributed by atoms with E-state index in [1.54, 1.807) is 0 Å². The van der Waals surface area contributed by atoms with Crippen LogP contribution in [0.4, 0.5) is 0 Å². The Morgan fingerprint density at radius 3 is 2.06 bits per heavy atom. The van der Waals surface area contributed by atoms with Gasteiger partial charge >= 0.3 is 0 Å². The number of aliphatic hydroxyl groups is 1. The monoisotopic (exact) mass is 473 g/mol. The highest BCUT2D eigenvalue weighted by Gasteiger charge is 2.69. The summed E-state index contributed by atoms with van der Waals surface area (Å²) in [5, 5.41) is 13.7. The number of unbranched alkanes of at least 4 members (excludes halogenated alkanes) is 11. The van der Waals surface area contributed by atoms with E-state index in [9.17, 15) is 5.11 Å². The predicted octanol–water partition coefficient (Wildman–Crippen LogP) is 6.93. The van der Waals surface area contributed by atoms with Crippen LogP contribution in [-0.2, 0) is 16.0 Å². The summed E-state index contributed by atoms with van der Waals surface area (Å²) in [7, 11) is 0. The fourth-order valence-electron chi connectivity index (χ4n) is 5.90. The van der Waals surface area contributed by atoms with Crippen LogP contribution in [-0.4, -0.2) is 41.2 Å². The molecule has 1 aromatic carbocycles. The van der Waals surface area contributed by atoms with Crippen LogP contribution < -0.4 is 5.32 Å². The quantitative estimate of drug-likeness (QED) is 0.179. The molecular formula is C30H51NO3. The summed E-state index contributed by atoms with van der Waals surface area (Å²) in [4.78, 5) is 0. The van der Waals surface area contributed by atoms with E-state index in [2.05, 4.69) is 50.4 Å².